The number of hydrogen-bond acceptors (Lipinski definition) is 5. The fourth-order valence-electron chi connectivity index (χ4n) is 4.53. The number of ether oxygens (including phenoxy) is 1. The van der Waals surface area contributed by atoms with Crippen molar-refractivity contribution < 1.29 is 9.53 Å². The van der Waals surface area contributed by atoms with Gasteiger partial charge in [0.1, 0.15) is 5.75 Å². The number of piperidine rings is 1. The third kappa shape index (κ3) is 4.96. The first-order valence-electron chi connectivity index (χ1n) is 11.4. The second-order valence-electron chi connectivity index (χ2n) is 8.38. The lowest BCUT2D eigenvalue weighted by Gasteiger charge is -2.41. The van der Waals surface area contributed by atoms with Gasteiger partial charge in [-0.2, -0.15) is 0 Å². The molecule has 166 valence electrons. The Morgan fingerprint density at radius 1 is 1.16 bits per heavy atom. The molecule has 1 aliphatic rings. The Bertz CT molecular complexity index is 1030. The van der Waals surface area contributed by atoms with Crippen LogP contribution in [0.1, 0.15) is 48.5 Å². The van der Waals surface area contributed by atoms with Crippen LogP contribution < -0.4 is 4.74 Å². The highest BCUT2D eigenvalue weighted by Gasteiger charge is 2.35. The van der Waals surface area contributed by atoms with Gasteiger partial charge in [-0.15, -0.1) is 0 Å². The van der Waals surface area contributed by atoms with Crippen molar-refractivity contribution in [2.45, 2.75) is 45.6 Å². The maximum absolute atomic E-state index is 13.9. The van der Waals surface area contributed by atoms with Crippen LogP contribution in [0.5, 0.6) is 5.75 Å². The van der Waals surface area contributed by atoms with Crippen molar-refractivity contribution in [3.63, 3.8) is 0 Å². The summed E-state index contributed by atoms with van der Waals surface area (Å²) in [5, 5.41) is 0. The Hall–Kier alpha value is -3.28. The number of carbonyl (C=O) groups is 1. The first-order valence-corrected chi connectivity index (χ1v) is 11.4. The molecule has 1 amide bonds. The summed E-state index contributed by atoms with van der Waals surface area (Å²) in [7, 11) is 0. The molecule has 2 unspecified atom stereocenters. The SMILES string of the molecule is CCCC1C(COc2cccnc2)CCCN1C(=O)c1cc(C)ccc1-c1ncccn1. The minimum Gasteiger partial charge on any atom is -0.492 e. The lowest BCUT2D eigenvalue weighted by atomic mass is 9.86. The molecule has 32 heavy (non-hydrogen) atoms. The number of rotatable bonds is 7. The summed E-state index contributed by atoms with van der Waals surface area (Å²) in [5.74, 6) is 1.69. The van der Waals surface area contributed by atoms with Gasteiger partial charge in [0.25, 0.3) is 5.91 Å². The summed E-state index contributed by atoms with van der Waals surface area (Å²) in [6.07, 6.45) is 10.9. The van der Waals surface area contributed by atoms with Gasteiger partial charge in [0.05, 0.1) is 18.4 Å². The molecule has 2 aromatic heterocycles. The molecule has 1 aliphatic heterocycles. The van der Waals surface area contributed by atoms with E-state index in [9.17, 15) is 4.79 Å². The number of hydrogen-bond donors (Lipinski definition) is 0. The van der Waals surface area contributed by atoms with Crippen molar-refractivity contribution in [1.82, 2.24) is 19.9 Å². The molecule has 0 saturated carbocycles. The van der Waals surface area contributed by atoms with Gasteiger partial charge in [0.15, 0.2) is 5.82 Å². The first kappa shape index (κ1) is 21.9. The minimum absolute atomic E-state index is 0.0562. The highest BCUT2D eigenvalue weighted by molar-refractivity contribution is 6.00. The molecular weight excluding hydrogens is 400 g/mol. The molecule has 4 rings (SSSR count). The van der Waals surface area contributed by atoms with Crippen molar-refractivity contribution in [3.8, 4) is 17.1 Å². The van der Waals surface area contributed by atoms with Gasteiger partial charge >= 0.3 is 0 Å². The molecule has 6 heteroatoms. The van der Waals surface area contributed by atoms with Gasteiger partial charge in [-0.3, -0.25) is 9.78 Å². The van der Waals surface area contributed by atoms with E-state index in [4.69, 9.17) is 4.74 Å². The predicted molar refractivity (Wildman–Crippen MR) is 124 cm³/mol. The van der Waals surface area contributed by atoms with Gasteiger partial charge in [-0.25, -0.2) is 9.97 Å². The number of nitrogens with zero attached hydrogens (tertiary/aromatic N) is 4. The molecule has 2 atom stereocenters. The van der Waals surface area contributed by atoms with Gasteiger partial charge in [0.2, 0.25) is 0 Å². The number of likely N-dealkylation sites (tertiary alicyclic amines) is 1. The van der Waals surface area contributed by atoms with Crippen LogP contribution in [0.4, 0.5) is 0 Å². The lowest BCUT2D eigenvalue weighted by Crippen LogP contribution is -2.50. The topological polar surface area (TPSA) is 68.2 Å². The van der Waals surface area contributed by atoms with Crippen molar-refractivity contribution in [2.75, 3.05) is 13.2 Å². The van der Waals surface area contributed by atoms with Crippen molar-refractivity contribution >= 4 is 5.91 Å². The van der Waals surface area contributed by atoms with Crippen LogP contribution in [0.15, 0.2) is 61.2 Å². The molecular formula is C26H30N4O2. The average molecular weight is 431 g/mol. The molecule has 1 saturated heterocycles. The number of aryl methyl sites for hydroxylation is 1. The highest BCUT2D eigenvalue weighted by Crippen LogP contribution is 2.31. The molecule has 6 nitrogen and oxygen atoms in total. The summed E-state index contributed by atoms with van der Waals surface area (Å²) in [6.45, 7) is 5.53. The Balaban J connectivity index is 1.60. The van der Waals surface area contributed by atoms with E-state index in [0.29, 0.717) is 18.0 Å². The summed E-state index contributed by atoms with van der Waals surface area (Å²) in [5.41, 5.74) is 2.50. The van der Waals surface area contributed by atoms with Crippen molar-refractivity contribution in [1.29, 1.82) is 0 Å². The second-order valence-corrected chi connectivity index (χ2v) is 8.38. The van der Waals surface area contributed by atoms with E-state index in [-0.39, 0.29) is 17.9 Å². The summed E-state index contributed by atoms with van der Waals surface area (Å²) >= 11 is 0. The average Bonchev–Trinajstić information content (AvgIpc) is 2.84. The molecule has 0 bridgehead atoms. The molecule has 3 heterocycles. The van der Waals surface area contributed by atoms with Crippen LogP contribution >= 0.6 is 0 Å². The zero-order valence-electron chi connectivity index (χ0n) is 18.8. The fourth-order valence-corrected chi connectivity index (χ4v) is 4.53. The van der Waals surface area contributed by atoms with E-state index in [2.05, 4.69) is 26.8 Å². The molecule has 1 fully saturated rings. The number of pyridine rings is 1. The quantitative estimate of drug-likeness (QED) is 0.531. The highest BCUT2D eigenvalue weighted by atomic mass is 16.5. The number of amides is 1. The zero-order valence-corrected chi connectivity index (χ0v) is 18.8. The number of aromatic nitrogens is 3. The predicted octanol–water partition coefficient (Wildman–Crippen LogP) is 4.95. The minimum atomic E-state index is 0.0562. The van der Waals surface area contributed by atoms with E-state index in [0.717, 1.165) is 49.1 Å². The van der Waals surface area contributed by atoms with E-state index in [1.807, 2.05) is 37.3 Å². The van der Waals surface area contributed by atoms with Gasteiger partial charge in [-0.05, 0) is 50.5 Å². The third-order valence-corrected chi connectivity index (χ3v) is 6.07. The van der Waals surface area contributed by atoms with Gasteiger partial charge < -0.3 is 9.64 Å². The van der Waals surface area contributed by atoms with Crippen molar-refractivity contribution in [2.24, 2.45) is 5.92 Å². The van der Waals surface area contributed by atoms with Crippen LogP contribution in [-0.4, -0.2) is 45.0 Å². The largest absolute Gasteiger partial charge is 0.492 e. The molecule has 0 radical (unpaired) electrons. The normalized spacial score (nSPS) is 18.4. The fraction of sp³-hybridized carbons (Fsp3) is 0.385. The smallest absolute Gasteiger partial charge is 0.254 e. The van der Waals surface area contributed by atoms with Gasteiger partial charge in [-0.1, -0.05) is 31.0 Å². The molecule has 0 spiro atoms. The number of carbonyl (C=O) groups excluding carboxylic acids is 1. The van der Waals surface area contributed by atoms with Crippen LogP contribution in [-0.2, 0) is 0 Å². The number of benzene rings is 1. The molecule has 0 aliphatic carbocycles. The summed E-state index contributed by atoms with van der Waals surface area (Å²) in [6, 6.07) is 11.7. The van der Waals surface area contributed by atoms with Gasteiger partial charge in [0, 0.05) is 42.7 Å². The van der Waals surface area contributed by atoms with Crippen LogP contribution in [0, 0.1) is 12.8 Å². The Morgan fingerprint density at radius 2 is 2.00 bits per heavy atom. The maximum Gasteiger partial charge on any atom is 0.254 e. The van der Waals surface area contributed by atoms with Crippen LogP contribution in [0.3, 0.4) is 0 Å². The monoisotopic (exact) mass is 430 g/mol. The molecule has 1 aromatic carbocycles. The molecule has 0 N–H and O–H groups in total. The summed E-state index contributed by atoms with van der Waals surface area (Å²) < 4.78 is 6.05. The van der Waals surface area contributed by atoms with E-state index in [1.54, 1.807) is 30.9 Å². The van der Waals surface area contributed by atoms with E-state index >= 15 is 0 Å². The van der Waals surface area contributed by atoms with Crippen LogP contribution in [0.2, 0.25) is 0 Å². The van der Waals surface area contributed by atoms with Crippen LogP contribution in [0.25, 0.3) is 11.4 Å². The maximum atomic E-state index is 13.9. The Morgan fingerprint density at radius 3 is 2.75 bits per heavy atom. The van der Waals surface area contributed by atoms with Crippen molar-refractivity contribution in [3.05, 3.63) is 72.3 Å². The lowest BCUT2D eigenvalue weighted by molar-refractivity contribution is 0.0382. The second kappa shape index (κ2) is 10.4. The Kier molecular flexibility index (Phi) is 7.10. The van der Waals surface area contributed by atoms with E-state index in [1.165, 1.54) is 0 Å². The first-order chi connectivity index (χ1) is 15.7. The molecule has 3 aromatic rings. The zero-order chi connectivity index (χ0) is 22.3. The third-order valence-electron chi connectivity index (χ3n) is 6.07. The Labute approximate surface area is 189 Å². The van der Waals surface area contributed by atoms with E-state index < -0.39 is 0 Å². The standard InChI is InChI=1S/C26H30N4O2/c1-3-7-24-20(18-32-21-9-4-12-27-17-21)8-5-15-30(24)26(31)23-16-19(2)10-11-22(23)25-28-13-6-14-29-25/h4,6,9-14,16-17,20,24H,3,5,7-8,15,18H2,1-2H3. The summed E-state index contributed by atoms with van der Waals surface area (Å²) in [4.78, 5) is 28.8.